The summed E-state index contributed by atoms with van der Waals surface area (Å²) in [6.07, 6.45) is 1.16. The Morgan fingerprint density at radius 1 is 1.45 bits per heavy atom. The van der Waals surface area contributed by atoms with E-state index in [4.69, 9.17) is 0 Å². The summed E-state index contributed by atoms with van der Waals surface area (Å²) < 4.78 is 35.6. The van der Waals surface area contributed by atoms with Gasteiger partial charge in [-0.3, -0.25) is 0 Å². The van der Waals surface area contributed by atoms with E-state index in [1.807, 2.05) is 5.10 Å². The molecule has 0 aliphatic carbocycles. The molecule has 1 aromatic heterocycles. The third-order valence-corrected chi connectivity index (χ3v) is 1.20. The maximum atomic E-state index is 11.9. The van der Waals surface area contributed by atoms with Crippen LogP contribution in [0.25, 0.3) is 0 Å². The molecule has 11 heavy (non-hydrogen) atoms. The molecule has 1 heterocycles. The van der Waals surface area contributed by atoms with Crippen molar-refractivity contribution in [2.45, 2.75) is 6.92 Å². The molecule has 0 spiro atoms. The molecule has 56 valence electrons. The van der Waals surface area contributed by atoms with E-state index < -0.39 is 12.6 Å². The predicted molar refractivity (Wildman–Crippen MR) is 32.0 cm³/mol. The summed E-state index contributed by atoms with van der Waals surface area (Å²) in [6.45, 7) is -3.54. The number of hydrogen-bond donors (Lipinski definition) is 1. The van der Waals surface area contributed by atoms with E-state index in [9.17, 15) is 12.9 Å². The van der Waals surface area contributed by atoms with Crippen LogP contribution < -0.4 is 57.0 Å². The van der Waals surface area contributed by atoms with Gasteiger partial charge >= 0.3 is 58.4 Å². The Morgan fingerprint density at radius 2 is 2.00 bits per heavy atom. The molecular formula is C4H5BF3KN2. The van der Waals surface area contributed by atoms with Gasteiger partial charge in [0.25, 0.3) is 0 Å². The molecule has 0 saturated heterocycles. The number of nitrogens with zero attached hydrogens (tertiary/aromatic N) is 1. The van der Waals surface area contributed by atoms with Gasteiger partial charge < -0.3 is 18.0 Å². The van der Waals surface area contributed by atoms with Crippen LogP contribution in [-0.4, -0.2) is 17.2 Å². The standard InChI is InChI=1S/C4H5BF3N2.K/c1-3-2-9-10-4(3)5(6,7)8;/h2H,1H3,(H,9,10);/q-1;+1. The molecule has 7 heteroatoms. The fourth-order valence-corrected chi connectivity index (χ4v) is 0.688. The molecule has 0 aliphatic rings. The number of nitrogens with one attached hydrogen (secondary N) is 1. The van der Waals surface area contributed by atoms with Crippen LogP contribution in [-0.2, 0) is 0 Å². The van der Waals surface area contributed by atoms with Crippen LogP contribution in [0, 0.1) is 6.92 Å². The number of rotatable bonds is 1. The van der Waals surface area contributed by atoms with Gasteiger partial charge in [0.1, 0.15) is 0 Å². The number of aromatic amines is 1. The molecule has 0 atom stereocenters. The van der Waals surface area contributed by atoms with Gasteiger partial charge in [0.05, 0.1) is 0 Å². The SMILES string of the molecule is Cc1cn[nH]c1[B-](F)(F)F.[K+]. The molecule has 0 radical (unpaired) electrons. The Balaban J connectivity index is 0.000001000. The molecule has 0 bridgehead atoms. The van der Waals surface area contributed by atoms with Crippen molar-refractivity contribution in [3.63, 3.8) is 0 Å². The number of aryl methyl sites for hydroxylation is 1. The van der Waals surface area contributed by atoms with Crippen molar-refractivity contribution in [2.75, 3.05) is 0 Å². The topological polar surface area (TPSA) is 28.7 Å². The number of halogens is 3. The van der Waals surface area contributed by atoms with E-state index in [0.29, 0.717) is 0 Å². The summed E-state index contributed by atoms with van der Waals surface area (Å²) in [5, 5.41) is 5.16. The van der Waals surface area contributed by atoms with Crippen LogP contribution in [0.5, 0.6) is 0 Å². The second-order valence-electron chi connectivity index (χ2n) is 2.04. The zero-order valence-electron chi connectivity index (χ0n) is 6.24. The van der Waals surface area contributed by atoms with E-state index in [1.54, 1.807) is 0 Å². The smallest absolute Gasteiger partial charge is 0.444 e. The maximum Gasteiger partial charge on any atom is 1.00 e. The first-order chi connectivity index (χ1) is 4.52. The van der Waals surface area contributed by atoms with Gasteiger partial charge in [0, 0.05) is 6.20 Å². The van der Waals surface area contributed by atoms with Crippen LogP contribution in [0.2, 0.25) is 0 Å². The number of hydrogen-bond acceptors (Lipinski definition) is 1. The second-order valence-corrected chi connectivity index (χ2v) is 2.04. The van der Waals surface area contributed by atoms with Gasteiger partial charge in [-0.15, -0.1) is 0 Å². The summed E-state index contributed by atoms with van der Waals surface area (Å²) in [7, 11) is 0. The Labute approximate surface area is 104 Å². The first kappa shape index (κ1) is 11.7. The molecule has 0 unspecified atom stereocenters. The summed E-state index contributed by atoms with van der Waals surface area (Å²) in [5.74, 6) is 0. The normalized spacial score (nSPS) is 10.9. The summed E-state index contributed by atoms with van der Waals surface area (Å²) in [4.78, 5) is 0. The zero-order chi connectivity index (χ0) is 7.78. The minimum atomic E-state index is -4.91. The molecule has 0 fully saturated rings. The van der Waals surface area contributed by atoms with Crippen molar-refractivity contribution in [1.82, 2.24) is 10.2 Å². The quantitative estimate of drug-likeness (QED) is 0.497. The third-order valence-electron chi connectivity index (χ3n) is 1.20. The van der Waals surface area contributed by atoms with Crippen LogP contribution in [0.3, 0.4) is 0 Å². The Hall–Kier alpha value is 0.701. The van der Waals surface area contributed by atoms with Gasteiger partial charge in [0.2, 0.25) is 0 Å². The molecule has 0 aliphatic heterocycles. The van der Waals surface area contributed by atoms with Crippen molar-refractivity contribution in [3.8, 4) is 0 Å². The van der Waals surface area contributed by atoms with Crippen molar-refractivity contribution in [3.05, 3.63) is 11.8 Å². The average Bonchev–Trinajstić information content (AvgIpc) is 2.11. The molecule has 0 aromatic carbocycles. The minimum Gasteiger partial charge on any atom is -0.444 e. The molecule has 2 nitrogen and oxygen atoms in total. The molecular weight excluding hydrogens is 183 g/mol. The third kappa shape index (κ3) is 2.90. The minimum absolute atomic E-state index is 0. The molecule has 0 amide bonds. The van der Waals surface area contributed by atoms with Gasteiger partial charge in [-0.2, -0.15) is 5.10 Å². The molecule has 1 rings (SSSR count). The van der Waals surface area contributed by atoms with Gasteiger partial charge in [-0.05, 0) is 18.1 Å². The Bertz CT molecular complexity index is 233. The van der Waals surface area contributed by atoms with E-state index in [2.05, 4.69) is 5.10 Å². The van der Waals surface area contributed by atoms with E-state index in [-0.39, 0.29) is 56.9 Å². The van der Waals surface area contributed by atoms with E-state index >= 15 is 0 Å². The summed E-state index contributed by atoms with van der Waals surface area (Å²) in [6, 6.07) is 0. The van der Waals surface area contributed by atoms with E-state index in [1.165, 1.54) is 6.92 Å². The molecule has 1 aromatic rings. The number of aromatic nitrogens is 2. The molecule has 0 saturated carbocycles. The van der Waals surface area contributed by atoms with Crippen LogP contribution in [0.4, 0.5) is 12.9 Å². The maximum absolute atomic E-state index is 11.9. The van der Waals surface area contributed by atoms with Crippen molar-refractivity contribution < 1.29 is 64.3 Å². The molecule has 1 N–H and O–H groups in total. The summed E-state index contributed by atoms with van der Waals surface area (Å²) >= 11 is 0. The van der Waals surface area contributed by atoms with Crippen molar-refractivity contribution >= 4 is 12.6 Å². The summed E-state index contributed by atoms with van der Waals surface area (Å²) in [5.41, 5.74) is -0.562. The van der Waals surface area contributed by atoms with E-state index in [0.717, 1.165) is 6.20 Å². The van der Waals surface area contributed by atoms with Gasteiger partial charge in [-0.25, -0.2) is 0 Å². The largest absolute Gasteiger partial charge is 1.00 e. The van der Waals surface area contributed by atoms with Crippen molar-refractivity contribution in [1.29, 1.82) is 0 Å². The second kappa shape index (κ2) is 4.09. The van der Waals surface area contributed by atoms with Crippen LogP contribution >= 0.6 is 0 Å². The van der Waals surface area contributed by atoms with Crippen molar-refractivity contribution in [2.24, 2.45) is 0 Å². The monoisotopic (exact) mass is 188 g/mol. The van der Waals surface area contributed by atoms with Gasteiger partial charge in [0.15, 0.2) is 0 Å². The fourth-order valence-electron chi connectivity index (χ4n) is 0.688. The predicted octanol–water partition coefficient (Wildman–Crippen LogP) is -2.22. The van der Waals surface area contributed by atoms with Gasteiger partial charge in [-0.1, -0.05) is 0 Å². The first-order valence-corrected chi connectivity index (χ1v) is 2.71. The fraction of sp³-hybridized carbons (Fsp3) is 0.250. The van der Waals surface area contributed by atoms with Crippen LogP contribution in [0.1, 0.15) is 5.56 Å². The average molecular weight is 188 g/mol. The first-order valence-electron chi connectivity index (χ1n) is 2.71. The van der Waals surface area contributed by atoms with Crippen LogP contribution in [0.15, 0.2) is 6.20 Å². The Morgan fingerprint density at radius 3 is 2.18 bits per heavy atom. The zero-order valence-corrected chi connectivity index (χ0v) is 9.36. The number of H-pyrrole nitrogens is 1. The Kier molecular flexibility index (Phi) is 4.35.